The molecule has 5 heteroatoms. The molecule has 92 valence electrons. The zero-order chi connectivity index (χ0) is 13.0. The third-order valence-corrected chi connectivity index (χ3v) is 2.55. The fourth-order valence-corrected chi connectivity index (χ4v) is 1.52. The van der Waals surface area contributed by atoms with E-state index in [2.05, 4.69) is 15.9 Å². The number of rotatable bonds is 4. The van der Waals surface area contributed by atoms with Crippen LogP contribution < -0.4 is 4.74 Å². The Bertz CT molecular complexity index is 569. The maximum Gasteiger partial charge on any atom is 0.328 e. The lowest BCUT2D eigenvalue weighted by Crippen LogP contribution is -1.84. The second kappa shape index (κ2) is 5.55. The van der Waals surface area contributed by atoms with Crippen LogP contribution in [0.1, 0.15) is 5.76 Å². The van der Waals surface area contributed by atoms with Crippen LogP contribution in [0.3, 0.4) is 0 Å². The summed E-state index contributed by atoms with van der Waals surface area (Å²) in [5.74, 6) is 0.343. The molecule has 1 aromatic carbocycles. The van der Waals surface area contributed by atoms with E-state index in [9.17, 15) is 4.79 Å². The molecule has 0 amide bonds. The van der Waals surface area contributed by atoms with Gasteiger partial charge in [-0.3, -0.25) is 0 Å². The molecule has 0 radical (unpaired) electrons. The van der Waals surface area contributed by atoms with Gasteiger partial charge in [0.15, 0.2) is 0 Å². The number of furan rings is 1. The van der Waals surface area contributed by atoms with Crippen molar-refractivity contribution < 1.29 is 19.1 Å². The van der Waals surface area contributed by atoms with E-state index in [1.165, 1.54) is 6.08 Å². The van der Waals surface area contributed by atoms with Crippen LogP contribution >= 0.6 is 15.9 Å². The summed E-state index contributed by atoms with van der Waals surface area (Å²) in [5, 5.41) is 8.48. The molecule has 0 spiro atoms. The molecule has 0 bridgehead atoms. The molecule has 2 aromatic rings. The summed E-state index contributed by atoms with van der Waals surface area (Å²) in [6.45, 7) is 0. The maximum absolute atomic E-state index is 10.3. The molecule has 4 nitrogen and oxygen atoms in total. The normalized spacial score (nSPS) is 10.7. The van der Waals surface area contributed by atoms with E-state index in [-0.39, 0.29) is 0 Å². The number of hydrogen-bond donors (Lipinski definition) is 1. The van der Waals surface area contributed by atoms with Crippen molar-refractivity contribution >= 4 is 28.0 Å². The molecule has 0 aliphatic heterocycles. The fourth-order valence-electron chi connectivity index (χ4n) is 1.25. The molecule has 18 heavy (non-hydrogen) atoms. The minimum absolute atomic E-state index is 0.308. The van der Waals surface area contributed by atoms with Gasteiger partial charge in [0.1, 0.15) is 11.5 Å². The van der Waals surface area contributed by atoms with Gasteiger partial charge in [-0.15, -0.1) is 0 Å². The van der Waals surface area contributed by atoms with Crippen molar-refractivity contribution in [1.29, 1.82) is 0 Å². The van der Waals surface area contributed by atoms with Crippen molar-refractivity contribution in [3.05, 3.63) is 52.7 Å². The fraction of sp³-hybridized carbons (Fsp3) is 0. The summed E-state index contributed by atoms with van der Waals surface area (Å²) in [6.07, 6.45) is 2.36. The molecule has 0 unspecified atom stereocenters. The van der Waals surface area contributed by atoms with Crippen molar-refractivity contribution in [3.8, 4) is 11.7 Å². The molecule has 2 rings (SSSR count). The van der Waals surface area contributed by atoms with Crippen LogP contribution in [0.25, 0.3) is 6.08 Å². The zero-order valence-electron chi connectivity index (χ0n) is 9.17. The largest absolute Gasteiger partial charge is 0.478 e. The molecule has 0 atom stereocenters. The number of hydrogen-bond acceptors (Lipinski definition) is 3. The first-order chi connectivity index (χ1) is 8.63. The van der Waals surface area contributed by atoms with Crippen molar-refractivity contribution in [3.63, 3.8) is 0 Å². The number of carbonyl (C=O) groups is 1. The molecule has 1 aromatic heterocycles. The first-order valence-electron chi connectivity index (χ1n) is 5.08. The molecular formula is C13H9BrO4. The predicted octanol–water partition coefficient (Wildman–Crippen LogP) is 3.93. The summed E-state index contributed by atoms with van der Waals surface area (Å²) < 4.78 is 11.7. The first-order valence-corrected chi connectivity index (χ1v) is 5.87. The highest BCUT2D eigenvalue weighted by Gasteiger charge is 2.02. The van der Waals surface area contributed by atoms with Crippen LogP contribution in [0.15, 0.2) is 51.4 Å². The molecular weight excluding hydrogens is 300 g/mol. The predicted molar refractivity (Wildman–Crippen MR) is 69.6 cm³/mol. The monoisotopic (exact) mass is 308 g/mol. The smallest absolute Gasteiger partial charge is 0.328 e. The van der Waals surface area contributed by atoms with E-state index in [4.69, 9.17) is 14.3 Å². The van der Waals surface area contributed by atoms with Crippen LogP contribution in [-0.2, 0) is 4.79 Å². The van der Waals surface area contributed by atoms with Gasteiger partial charge < -0.3 is 14.3 Å². The van der Waals surface area contributed by atoms with Gasteiger partial charge in [-0.1, -0.05) is 15.9 Å². The van der Waals surface area contributed by atoms with Gasteiger partial charge in [0.2, 0.25) is 0 Å². The number of aliphatic carboxylic acids is 1. The van der Waals surface area contributed by atoms with Crippen molar-refractivity contribution in [2.24, 2.45) is 0 Å². The number of carboxylic acids is 1. The molecule has 1 heterocycles. The van der Waals surface area contributed by atoms with Crippen LogP contribution in [0.5, 0.6) is 11.7 Å². The van der Waals surface area contributed by atoms with E-state index in [1.807, 2.05) is 12.1 Å². The first kappa shape index (κ1) is 12.4. The highest BCUT2D eigenvalue weighted by atomic mass is 79.9. The topological polar surface area (TPSA) is 59.7 Å². The molecule has 0 aliphatic rings. The second-order valence-corrected chi connectivity index (χ2v) is 4.30. The molecule has 0 fully saturated rings. The Hall–Kier alpha value is -2.01. The molecule has 0 saturated heterocycles. The highest BCUT2D eigenvalue weighted by Crippen LogP contribution is 2.25. The lowest BCUT2D eigenvalue weighted by Gasteiger charge is -2.01. The third-order valence-electron chi connectivity index (χ3n) is 2.02. The minimum atomic E-state index is -1.03. The van der Waals surface area contributed by atoms with Gasteiger partial charge in [-0.2, -0.15) is 0 Å². The van der Waals surface area contributed by atoms with E-state index in [0.29, 0.717) is 17.5 Å². The Morgan fingerprint density at radius 2 is 1.94 bits per heavy atom. The Labute approximate surface area is 112 Å². The van der Waals surface area contributed by atoms with Crippen molar-refractivity contribution in [2.75, 3.05) is 0 Å². The Morgan fingerprint density at radius 3 is 2.61 bits per heavy atom. The van der Waals surface area contributed by atoms with Crippen LogP contribution in [0.2, 0.25) is 0 Å². The summed E-state index contributed by atoms with van der Waals surface area (Å²) in [7, 11) is 0. The van der Waals surface area contributed by atoms with Gasteiger partial charge in [0, 0.05) is 16.6 Å². The van der Waals surface area contributed by atoms with Crippen LogP contribution in [0.4, 0.5) is 0 Å². The number of benzene rings is 1. The van der Waals surface area contributed by atoms with Crippen LogP contribution in [0, 0.1) is 0 Å². The summed E-state index contributed by atoms with van der Waals surface area (Å²) in [5.41, 5.74) is 0. The Kier molecular flexibility index (Phi) is 3.84. The standard InChI is InChI=1S/C13H9BrO4/c14-9-1-3-10(4-2-9)17-13-8-6-11(18-13)5-7-12(15)16/h1-8H,(H,15,16). The van der Waals surface area contributed by atoms with Crippen molar-refractivity contribution in [2.45, 2.75) is 0 Å². The maximum atomic E-state index is 10.3. The van der Waals surface area contributed by atoms with Gasteiger partial charge in [0.05, 0.1) is 0 Å². The van der Waals surface area contributed by atoms with Gasteiger partial charge in [-0.05, 0) is 36.4 Å². The van der Waals surface area contributed by atoms with Crippen LogP contribution in [-0.4, -0.2) is 11.1 Å². The van der Waals surface area contributed by atoms with Crippen molar-refractivity contribution in [1.82, 2.24) is 0 Å². The lowest BCUT2D eigenvalue weighted by atomic mass is 10.3. The van der Waals surface area contributed by atoms with Gasteiger partial charge in [0.25, 0.3) is 5.95 Å². The summed E-state index contributed by atoms with van der Waals surface area (Å²) >= 11 is 3.33. The number of halogens is 1. The van der Waals surface area contributed by atoms with E-state index in [1.54, 1.807) is 24.3 Å². The molecule has 1 N–H and O–H groups in total. The second-order valence-electron chi connectivity index (χ2n) is 3.38. The quantitative estimate of drug-likeness (QED) is 0.869. The summed E-state index contributed by atoms with van der Waals surface area (Å²) in [4.78, 5) is 10.3. The Morgan fingerprint density at radius 1 is 1.22 bits per heavy atom. The summed E-state index contributed by atoms with van der Waals surface area (Å²) in [6, 6.07) is 10.5. The number of carboxylic acid groups (broad SMARTS) is 1. The Balaban J connectivity index is 2.06. The highest BCUT2D eigenvalue weighted by molar-refractivity contribution is 9.10. The molecule has 0 saturated carbocycles. The average molecular weight is 309 g/mol. The zero-order valence-corrected chi connectivity index (χ0v) is 10.8. The van der Waals surface area contributed by atoms with E-state index >= 15 is 0 Å². The molecule has 0 aliphatic carbocycles. The minimum Gasteiger partial charge on any atom is -0.478 e. The third kappa shape index (κ3) is 3.49. The lowest BCUT2D eigenvalue weighted by molar-refractivity contribution is -0.131. The SMILES string of the molecule is O=C(O)C=Cc1ccc(Oc2ccc(Br)cc2)o1. The van der Waals surface area contributed by atoms with Gasteiger partial charge >= 0.3 is 5.97 Å². The number of ether oxygens (including phenoxy) is 1. The van der Waals surface area contributed by atoms with E-state index in [0.717, 1.165) is 10.5 Å². The average Bonchev–Trinajstić information content (AvgIpc) is 2.77. The van der Waals surface area contributed by atoms with E-state index < -0.39 is 5.97 Å². The van der Waals surface area contributed by atoms with Gasteiger partial charge in [-0.25, -0.2) is 4.79 Å².